The van der Waals surface area contributed by atoms with Crippen molar-refractivity contribution in [1.82, 2.24) is 14.6 Å². The number of methoxy groups -OCH3 is 1. The predicted molar refractivity (Wildman–Crippen MR) is 90.8 cm³/mol. The van der Waals surface area contributed by atoms with E-state index in [1.165, 1.54) is 4.52 Å². The second kappa shape index (κ2) is 5.96. The molecule has 0 atom stereocenters. The van der Waals surface area contributed by atoms with Gasteiger partial charge in [-0.15, -0.1) is 0 Å². The van der Waals surface area contributed by atoms with Gasteiger partial charge in [0, 0.05) is 11.3 Å². The number of nitrogens with zero attached hydrogens (tertiary/aromatic N) is 3. The number of hydrogen-bond acceptors (Lipinski definition) is 4. The Morgan fingerprint density at radius 1 is 1.25 bits per heavy atom. The van der Waals surface area contributed by atoms with Gasteiger partial charge in [0.25, 0.3) is 0 Å². The van der Waals surface area contributed by atoms with E-state index < -0.39 is 5.97 Å². The first kappa shape index (κ1) is 16.0. The summed E-state index contributed by atoms with van der Waals surface area (Å²) >= 11 is 0. The van der Waals surface area contributed by atoms with Crippen molar-refractivity contribution in [3.05, 3.63) is 47.4 Å². The smallest absolute Gasteiger partial charge is 0.354 e. The molecule has 6 heteroatoms. The van der Waals surface area contributed by atoms with E-state index in [2.05, 4.69) is 10.1 Å². The maximum Gasteiger partial charge on any atom is 0.354 e. The Morgan fingerprint density at radius 2 is 1.92 bits per heavy atom. The summed E-state index contributed by atoms with van der Waals surface area (Å²) in [5.74, 6) is -0.143. The van der Waals surface area contributed by atoms with Crippen LogP contribution in [-0.2, 0) is 0 Å². The fraction of sp³-hybridized carbons (Fsp3) is 0.278. The number of aryl methyl sites for hydroxylation is 1. The molecule has 2 heterocycles. The zero-order valence-electron chi connectivity index (χ0n) is 14.1. The summed E-state index contributed by atoms with van der Waals surface area (Å²) in [6, 6.07) is 9.16. The molecule has 0 aliphatic carbocycles. The maximum atomic E-state index is 11.6. The molecular weight excluding hydrogens is 306 g/mol. The molecule has 0 bridgehead atoms. The average molecular weight is 325 g/mol. The third-order valence-corrected chi connectivity index (χ3v) is 3.97. The van der Waals surface area contributed by atoms with Crippen molar-refractivity contribution in [1.29, 1.82) is 0 Å². The van der Waals surface area contributed by atoms with Crippen LogP contribution < -0.4 is 4.74 Å². The van der Waals surface area contributed by atoms with Crippen LogP contribution in [-0.4, -0.2) is 32.8 Å². The number of rotatable bonds is 4. The minimum atomic E-state index is -1.02. The van der Waals surface area contributed by atoms with E-state index in [1.54, 1.807) is 13.2 Å². The number of ether oxygens (including phenoxy) is 1. The van der Waals surface area contributed by atoms with Gasteiger partial charge in [0.05, 0.1) is 12.8 Å². The highest BCUT2D eigenvalue weighted by molar-refractivity contribution is 5.89. The first-order valence-corrected chi connectivity index (χ1v) is 7.70. The molecule has 24 heavy (non-hydrogen) atoms. The third-order valence-electron chi connectivity index (χ3n) is 3.97. The Morgan fingerprint density at radius 3 is 2.46 bits per heavy atom. The van der Waals surface area contributed by atoms with E-state index >= 15 is 0 Å². The van der Waals surface area contributed by atoms with Gasteiger partial charge in [-0.1, -0.05) is 26.0 Å². The van der Waals surface area contributed by atoms with E-state index in [1.807, 2.05) is 45.0 Å². The van der Waals surface area contributed by atoms with Crippen LogP contribution in [0.15, 0.2) is 30.3 Å². The zero-order valence-corrected chi connectivity index (χ0v) is 14.1. The van der Waals surface area contributed by atoms with Gasteiger partial charge in [-0.2, -0.15) is 5.10 Å². The first-order valence-electron chi connectivity index (χ1n) is 7.70. The van der Waals surface area contributed by atoms with E-state index in [9.17, 15) is 9.90 Å². The van der Waals surface area contributed by atoms with Crippen LogP contribution in [0.25, 0.3) is 16.8 Å². The van der Waals surface area contributed by atoms with E-state index in [0.717, 1.165) is 28.3 Å². The number of carboxylic acid groups (broad SMARTS) is 1. The Balaban J connectivity index is 2.31. The van der Waals surface area contributed by atoms with Crippen molar-refractivity contribution in [3.63, 3.8) is 0 Å². The van der Waals surface area contributed by atoms with Crippen LogP contribution >= 0.6 is 0 Å². The number of aromatic carboxylic acids is 1. The summed E-state index contributed by atoms with van der Waals surface area (Å²) in [6.07, 6.45) is 0. The lowest BCUT2D eigenvalue weighted by Crippen LogP contribution is -2.10. The molecule has 0 spiro atoms. The minimum Gasteiger partial charge on any atom is -0.497 e. The fourth-order valence-corrected chi connectivity index (χ4v) is 2.69. The molecule has 3 rings (SSSR count). The average Bonchev–Trinajstić information content (AvgIpc) is 2.89. The van der Waals surface area contributed by atoms with Crippen LogP contribution in [0.4, 0.5) is 0 Å². The quantitative estimate of drug-likeness (QED) is 0.794. The van der Waals surface area contributed by atoms with Gasteiger partial charge in [0.2, 0.25) is 0 Å². The van der Waals surface area contributed by atoms with Crippen LogP contribution in [0.3, 0.4) is 0 Å². The Hall–Kier alpha value is -2.89. The monoisotopic (exact) mass is 325 g/mol. The Bertz CT molecular complexity index is 911. The SMILES string of the molecule is COc1ccc(-c2c(C)nn3c(C(=O)O)cc(C(C)C)nc23)cc1. The molecule has 0 saturated heterocycles. The zero-order chi connectivity index (χ0) is 17.4. The van der Waals surface area contributed by atoms with E-state index in [0.29, 0.717) is 5.65 Å². The van der Waals surface area contributed by atoms with Gasteiger partial charge >= 0.3 is 5.97 Å². The molecule has 1 N–H and O–H groups in total. The van der Waals surface area contributed by atoms with Gasteiger partial charge in [-0.3, -0.25) is 0 Å². The van der Waals surface area contributed by atoms with Crippen LogP contribution in [0, 0.1) is 6.92 Å². The lowest BCUT2D eigenvalue weighted by molar-refractivity contribution is 0.0687. The van der Waals surface area contributed by atoms with Gasteiger partial charge in [0.1, 0.15) is 5.75 Å². The molecule has 0 fully saturated rings. The minimum absolute atomic E-state index is 0.117. The largest absolute Gasteiger partial charge is 0.497 e. The fourth-order valence-electron chi connectivity index (χ4n) is 2.69. The highest BCUT2D eigenvalue weighted by atomic mass is 16.5. The van der Waals surface area contributed by atoms with Crippen LogP contribution in [0.2, 0.25) is 0 Å². The molecular formula is C18H19N3O3. The highest BCUT2D eigenvalue weighted by Crippen LogP contribution is 2.30. The predicted octanol–water partition coefficient (Wildman–Crippen LogP) is 3.53. The van der Waals surface area contributed by atoms with Crippen molar-refractivity contribution < 1.29 is 14.6 Å². The summed E-state index contributed by atoms with van der Waals surface area (Å²) in [6.45, 7) is 5.83. The van der Waals surface area contributed by atoms with Crippen LogP contribution in [0.1, 0.15) is 41.6 Å². The molecule has 0 unspecified atom stereocenters. The normalized spacial score (nSPS) is 11.2. The molecule has 0 aliphatic rings. The van der Waals surface area contributed by atoms with Gasteiger partial charge in [-0.25, -0.2) is 14.3 Å². The molecule has 1 aromatic carbocycles. The number of carbonyl (C=O) groups is 1. The van der Waals surface area contributed by atoms with E-state index in [4.69, 9.17) is 4.74 Å². The third kappa shape index (κ3) is 2.60. The molecule has 0 saturated carbocycles. The number of fused-ring (bicyclic) bond motifs is 1. The summed E-state index contributed by atoms with van der Waals surface area (Å²) in [5.41, 5.74) is 3.90. The molecule has 124 valence electrons. The number of aromatic nitrogens is 3. The molecule has 0 amide bonds. The Kier molecular flexibility index (Phi) is 3.97. The topological polar surface area (TPSA) is 76.7 Å². The molecule has 3 aromatic rings. The Labute approximate surface area is 139 Å². The summed E-state index contributed by atoms with van der Waals surface area (Å²) < 4.78 is 6.60. The molecule has 6 nitrogen and oxygen atoms in total. The summed E-state index contributed by atoms with van der Waals surface area (Å²) in [4.78, 5) is 16.3. The molecule has 0 aliphatic heterocycles. The van der Waals surface area contributed by atoms with Crippen molar-refractivity contribution in [3.8, 4) is 16.9 Å². The first-order chi connectivity index (χ1) is 11.4. The maximum absolute atomic E-state index is 11.6. The number of benzene rings is 1. The standard InChI is InChI=1S/C18H19N3O3/c1-10(2)14-9-15(18(22)23)21-17(19-14)16(11(3)20-21)12-5-7-13(24-4)8-6-12/h5-10H,1-4H3,(H,22,23). The number of carboxylic acids is 1. The molecule has 2 aromatic heterocycles. The lowest BCUT2D eigenvalue weighted by atomic mass is 10.1. The van der Waals surface area contributed by atoms with Crippen molar-refractivity contribution in [2.24, 2.45) is 0 Å². The number of hydrogen-bond donors (Lipinski definition) is 1. The van der Waals surface area contributed by atoms with Gasteiger partial charge < -0.3 is 9.84 Å². The summed E-state index contributed by atoms with van der Waals surface area (Å²) in [5, 5.41) is 13.9. The second-order valence-electron chi connectivity index (χ2n) is 5.95. The van der Waals surface area contributed by atoms with Crippen molar-refractivity contribution in [2.45, 2.75) is 26.7 Å². The second-order valence-corrected chi connectivity index (χ2v) is 5.95. The molecule has 0 radical (unpaired) electrons. The van der Waals surface area contributed by atoms with Gasteiger partial charge in [-0.05, 0) is 36.6 Å². The highest BCUT2D eigenvalue weighted by Gasteiger charge is 2.20. The summed E-state index contributed by atoms with van der Waals surface area (Å²) in [7, 11) is 1.62. The van der Waals surface area contributed by atoms with Gasteiger partial charge in [0.15, 0.2) is 11.3 Å². The lowest BCUT2D eigenvalue weighted by Gasteiger charge is -2.09. The van der Waals surface area contributed by atoms with Crippen LogP contribution in [0.5, 0.6) is 5.75 Å². The van der Waals surface area contributed by atoms with E-state index in [-0.39, 0.29) is 11.6 Å². The van der Waals surface area contributed by atoms with Crippen molar-refractivity contribution >= 4 is 11.6 Å². The van der Waals surface area contributed by atoms with Crippen molar-refractivity contribution in [2.75, 3.05) is 7.11 Å².